The number of rotatable bonds is 5. The molecule has 33 heavy (non-hydrogen) atoms. The number of ether oxygens (including phenoxy) is 1. The molecule has 1 N–H and O–H groups in total. The van der Waals surface area contributed by atoms with E-state index in [1.165, 1.54) is 18.2 Å². The van der Waals surface area contributed by atoms with E-state index in [1.807, 2.05) is 0 Å². The zero-order valence-corrected chi connectivity index (χ0v) is 18.5. The highest BCUT2D eigenvalue weighted by atomic mass is 19.4. The number of anilines is 1. The molecule has 0 radical (unpaired) electrons. The monoisotopic (exact) mass is 464 g/mol. The number of nitrogens with one attached hydrogen (secondary N) is 1. The second-order valence-corrected chi connectivity index (χ2v) is 9.73. The lowest BCUT2D eigenvalue weighted by Gasteiger charge is -2.23. The number of hydrogen-bond donors (Lipinski definition) is 1. The van der Waals surface area contributed by atoms with Gasteiger partial charge in [0.05, 0.1) is 12.3 Å². The molecule has 3 atom stereocenters. The molecule has 2 aromatic rings. The normalized spacial score (nSPS) is 27.8. The minimum atomic E-state index is -4.59. The van der Waals surface area contributed by atoms with Gasteiger partial charge in [0, 0.05) is 37.8 Å². The molecule has 1 saturated carbocycles. The summed E-state index contributed by atoms with van der Waals surface area (Å²) in [5.41, 5.74) is 0.0929. The lowest BCUT2D eigenvalue weighted by atomic mass is 10.0. The molecule has 0 amide bonds. The van der Waals surface area contributed by atoms with Crippen LogP contribution in [0.2, 0.25) is 0 Å². The average Bonchev–Trinajstić information content (AvgIpc) is 3.47. The minimum absolute atomic E-state index is 0.0136. The second-order valence-electron chi connectivity index (χ2n) is 9.73. The Labute approximate surface area is 190 Å². The van der Waals surface area contributed by atoms with Crippen LogP contribution in [-0.4, -0.2) is 54.0 Å². The molecule has 1 aliphatic carbocycles. The molecule has 3 heterocycles. The van der Waals surface area contributed by atoms with Crippen LogP contribution in [0.25, 0.3) is 11.3 Å². The van der Waals surface area contributed by atoms with Crippen molar-refractivity contribution in [3.63, 3.8) is 0 Å². The van der Waals surface area contributed by atoms with E-state index in [4.69, 9.17) is 4.74 Å². The van der Waals surface area contributed by atoms with E-state index in [1.54, 1.807) is 6.92 Å². The smallest absolute Gasteiger partial charge is 0.381 e. The Morgan fingerprint density at radius 1 is 1.12 bits per heavy atom. The molecule has 1 aromatic carbocycles. The Morgan fingerprint density at radius 2 is 1.88 bits per heavy atom. The number of nitrogens with zero attached hydrogens (tertiary/aromatic N) is 3. The van der Waals surface area contributed by atoms with Crippen LogP contribution in [0.5, 0.6) is 0 Å². The Hall–Kier alpha value is -2.26. The molecule has 0 bridgehead atoms. The maximum Gasteiger partial charge on any atom is 0.420 e. The molecule has 3 fully saturated rings. The van der Waals surface area contributed by atoms with Gasteiger partial charge in [0.25, 0.3) is 0 Å². The van der Waals surface area contributed by atoms with Crippen molar-refractivity contribution in [2.24, 2.45) is 17.8 Å². The molecule has 3 aliphatic rings. The van der Waals surface area contributed by atoms with E-state index in [9.17, 15) is 17.6 Å². The number of fused-ring (bicyclic) bond motifs is 1. The largest absolute Gasteiger partial charge is 0.420 e. The van der Waals surface area contributed by atoms with Gasteiger partial charge in [-0.3, -0.25) is 0 Å². The van der Waals surface area contributed by atoms with Crippen LogP contribution in [-0.2, 0) is 10.9 Å². The number of aryl methyl sites for hydroxylation is 1. The summed E-state index contributed by atoms with van der Waals surface area (Å²) >= 11 is 0. The summed E-state index contributed by atoms with van der Waals surface area (Å²) in [6, 6.07) is 4.89. The van der Waals surface area contributed by atoms with Crippen LogP contribution >= 0.6 is 0 Å². The number of hydrogen-bond acceptors (Lipinski definition) is 5. The zero-order chi connectivity index (χ0) is 23.2. The van der Waals surface area contributed by atoms with Gasteiger partial charge in [-0.05, 0) is 67.7 Å². The maximum atomic E-state index is 13.9. The SMILES string of the molecule is Cc1ccc(F)cc1-c1cc(C(F)(F)F)c(NC2CC3CN(C[C@@H]4CCOC4)CC3C2)nn1. The first-order valence-corrected chi connectivity index (χ1v) is 11.5. The summed E-state index contributed by atoms with van der Waals surface area (Å²) < 4.78 is 60.8. The highest BCUT2D eigenvalue weighted by Crippen LogP contribution is 2.42. The summed E-state index contributed by atoms with van der Waals surface area (Å²) in [5.74, 6) is 0.802. The molecule has 0 spiro atoms. The molecule has 5 rings (SSSR count). The predicted octanol–water partition coefficient (Wildman–Crippen LogP) is 4.77. The lowest BCUT2D eigenvalue weighted by Crippen LogP contribution is -2.30. The molecule has 2 saturated heterocycles. The van der Waals surface area contributed by atoms with Crippen molar-refractivity contribution in [2.75, 3.05) is 38.2 Å². The van der Waals surface area contributed by atoms with Crippen LogP contribution in [0.4, 0.5) is 23.4 Å². The topological polar surface area (TPSA) is 50.3 Å². The molecule has 2 unspecified atom stereocenters. The van der Waals surface area contributed by atoms with Gasteiger partial charge < -0.3 is 15.0 Å². The Bertz CT molecular complexity index is 994. The van der Waals surface area contributed by atoms with Gasteiger partial charge in [0.15, 0.2) is 5.82 Å². The number of alkyl halides is 3. The second kappa shape index (κ2) is 8.83. The summed E-state index contributed by atoms with van der Waals surface area (Å²) in [4.78, 5) is 2.49. The maximum absolute atomic E-state index is 13.9. The van der Waals surface area contributed by atoms with Crippen molar-refractivity contribution >= 4 is 5.82 Å². The van der Waals surface area contributed by atoms with E-state index in [0.29, 0.717) is 28.9 Å². The highest BCUT2D eigenvalue weighted by Gasteiger charge is 2.43. The van der Waals surface area contributed by atoms with Crippen LogP contribution < -0.4 is 5.32 Å². The predicted molar refractivity (Wildman–Crippen MR) is 116 cm³/mol. The fourth-order valence-corrected chi connectivity index (χ4v) is 5.67. The first kappa shape index (κ1) is 22.5. The fourth-order valence-electron chi connectivity index (χ4n) is 5.67. The van der Waals surface area contributed by atoms with E-state index < -0.39 is 17.6 Å². The summed E-state index contributed by atoms with van der Waals surface area (Å²) in [6.45, 7) is 6.42. The lowest BCUT2D eigenvalue weighted by molar-refractivity contribution is -0.137. The first-order chi connectivity index (χ1) is 15.8. The number of benzene rings is 1. The summed E-state index contributed by atoms with van der Waals surface area (Å²) in [6.07, 6.45) is -1.83. The third kappa shape index (κ3) is 4.84. The van der Waals surface area contributed by atoms with Crippen LogP contribution in [0.1, 0.15) is 30.4 Å². The Morgan fingerprint density at radius 3 is 2.55 bits per heavy atom. The summed E-state index contributed by atoms with van der Waals surface area (Å²) in [5, 5.41) is 10.9. The quantitative estimate of drug-likeness (QED) is 0.647. The van der Waals surface area contributed by atoms with Gasteiger partial charge in [0.2, 0.25) is 0 Å². The van der Waals surface area contributed by atoms with Gasteiger partial charge in [-0.1, -0.05) is 6.07 Å². The Balaban J connectivity index is 1.29. The molecular formula is C24H28F4N4O. The van der Waals surface area contributed by atoms with Crippen LogP contribution in [0.3, 0.4) is 0 Å². The van der Waals surface area contributed by atoms with Crippen molar-refractivity contribution in [3.8, 4) is 11.3 Å². The van der Waals surface area contributed by atoms with Crippen molar-refractivity contribution < 1.29 is 22.3 Å². The van der Waals surface area contributed by atoms with Crippen molar-refractivity contribution in [1.82, 2.24) is 15.1 Å². The number of likely N-dealkylation sites (tertiary alicyclic amines) is 1. The van der Waals surface area contributed by atoms with Gasteiger partial charge in [-0.15, -0.1) is 10.2 Å². The van der Waals surface area contributed by atoms with E-state index in [0.717, 1.165) is 58.2 Å². The van der Waals surface area contributed by atoms with Gasteiger partial charge in [-0.2, -0.15) is 13.2 Å². The molecule has 2 aliphatic heterocycles. The van der Waals surface area contributed by atoms with E-state index in [-0.39, 0.29) is 17.6 Å². The molecule has 1 aromatic heterocycles. The Kier molecular flexibility index (Phi) is 6.03. The van der Waals surface area contributed by atoms with Crippen molar-refractivity contribution in [1.29, 1.82) is 0 Å². The first-order valence-electron chi connectivity index (χ1n) is 11.5. The van der Waals surface area contributed by atoms with Crippen LogP contribution in [0.15, 0.2) is 24.3 Å². The fraction of sp³-hybridized carbons (Fsp3) is 0.583. The van der Waals surface area contributed by atoms with E-state index in [2.05, 4.69) is 20.4 Å². The standard InChI is InChI=1S/C24H28F4N4O/c1-14-2-3-18(25)8-20(14)22-9-21(24(26,27)28)23(31-30-22)29-19-6-16-11-32(12-17(16)7-19)10-15-4-5-33-13-15/h2-3,8-9,15-17,19H,4-7,10-13H2,1H3,(H,29,31)/t15-,16?,17?,19?/m0/s1. The van der Waals surface area contributed by atoms with Crippen molar-refractivity contribution in [2.45, 2.75) is 38.4 Å². The highest BCUT2D eigenvalue weighted by molar-refractivity contribution is 5.65. The minimum Gasteiger partial charge on any atom is -0.381 e. The average molecular weight is 465 g/mol. The number of halogens is 4. The molecule has 5 nitrogen and oxygen atoms in total. The van der Waals surface area contributed by atoms with Gasteiger partial charge in [-0.25, -0.2) is 4.39 Å². The number of aromatic nitrogens is 2. The molecule has 9 heteroatoms. The molecule has 178 valence electrons. The van der Waals surface area contributed by atoms with Crippen LogP contribution in [0, 0.1) is 30.5 Å². The third-order valence-electron chi connectivity index (χ3n) is 7.28. The van der Waals surface area contributed by atoms with Gasteiger partial charge in [0.1, 0.15) is 11.4 Å². The third-order valence-corrected chi connectivity index (χ3v) is 7.28. The van der Waals surface area contributed by atoms with Crippen molar-refractivity contribution in [3.05, 3.63) is 41.2 Å². The zero-order valence-electron chi connectivity index (χ0n) is 18.5. The van der Waals surface area contributed by atoms with Gasteiger partial charge >= 0.3 is 6.18 Å². The molecular weight excluding hydrogens is 436 g/mol. The summed E-state index contributed by atoms with van der Waals surface area (Å²) in [7, 11) is 0. The van der Waals surface area contributed by atoms with E-state index >= 15 is 0 Å².